The molecule has 10 rings (SSSR count). The minimum absolute atomic E-state index is 0.0362. The lowest BCUT2D eigenvalue weighted by atomic mass is 9.81. The van der Waals surface area contributed by atoms with Gasteiger partial charge in [-0.2, -0.15) is 0 Å². The molecule has 0 saturated carbocycles. The maximum Gasteiger partial charge on any atom is 0.160 e. The highest BCUT2D eigenvalue weighted by Gasteiger charge is 2.35. The van der Waals surface area contributed by atoms with Crippen molar-refractivity contribution >= 4 is 0 Å². The van der Waals surface area contributed by atoms with Crippen molar-refractivity contribution in [2.75, 3.05) is 0 Å². The molecule has 9 aromatic rings. The van der Waals surface area contributed by atoms with Crippen LogP contribution in [0.25, 0.3) is 89.5 Å². The van der Waals surface area contributed by atoms with Crippen molar-refractivity contribution in [1.29, 1.82) is 0 Å². The SMILES string of the molecule is CC1(C)c2ccccc2-c2ccc(-c3cccc(-c4ccc(-c5cc(-c6ccccc6)nc(-c6cc(-c7ccccc7)cc(-c7ccccc7)c6)n5)cc4)c3)cc21. The Labute approximate surface area is 334 Å². The van der Waals surface area contributed by atoms with Crippen LogP contribution in [0.3, 0.4) is 0 Å². The van der Waals surface area contributed by atoms with Gasteiger partial charge >= 0.3 is 0 Å². The van der Waals surface area contributed by atoms with Gasteiger partial charge in [-0.05, 0) is 103 Å². The highest BCUT2D eigenvalue weighted by atomic mass is 14.9. The summed E-state index contributed by atoms with van der Waals surface area (Å²) in [6.07, 6.45) is 0. The van der Waals surface area contributed by atoms with Crippen LogP contribution in [0.5, 0.6) is 0 Å². The van der Waals surface area contributed by atoms with E-state index in [1.807, 2.05) is 6.07 Å². The molecule has 0 fully saturated rings. The topological polar surface area (TPSA) is 25.8 Å². The number of nitrogens with zero attached hydrogens (tertiary/aromatic N) is 2. The first-order valence-electron chi connectivity index (χ1n) is 19.6. The zero-order valence-corrected chi connectivity index (χ0v) is 32.0. The lowest BCUT2D eigenvalue weighted by Crippen LogP contribution is -2.14. The summed E-state index contributed by atoms with van der Waals surface area (Å²) in [7, 11) is 0. The summed E-state index contributed by atoms with van der Waals surface area (Å²) in [5, 5.41) is 0. The van der Waals surface area contributed by atoms with Crippen molar-refractivity contribution in [3.8, 4) is 89.5 Å². The van der Waals surface area contributed by atoms with Gasteiger partial charge in [0.05, 0.1) is 11.4 Å². The Morgan fingerprint density at radius 3 is 1.32 bits per heavy atom. The monoisotopic (exact) mass is 728 g/mol. The van der Waals surface area contributed by atoms with E-state index in [1.165, 1.54) is 38.9 Å². The molecule has 1 aliphatic rings. The molecule has 0 atom stereocenters. The first kappa shape index (κ1) is 34.3. The second-order valence-corrected chi connectivity index (χ2v) is 15.4. The lowest BCUT2D eigenvalue weighted by molar-refractivity contribution is 0.660. The van der Waals surface area contributed by atoms with Gasteiger partial charge in [-0.25, -0.2) is 9.97 Å². The largest absolute Gasteiger partial charge is 0.228 e. The smallest absolute Gasteiger partial charge is 0.160 e. The maximum absolute atomic E-state index is 5.27. The van der Waals surface area contributed by atoms with E-state index in [1.54, 1.807) is 0 Å². The molecule has 0 N–H and O–H groups in total. The predicted molar refractivity (Wildman–Crippen MR) is 238 cm³/mol. The van der Waals surface area contributed by atoms with Crippen LogP contribution < -0.4 is 0 Å². The minimum Gasteiger partial charge on any atom is -0.228 e. The van der Waals surface area contributed by atoms with Crippen molar-refractivity contribution in [2.24, 2.45) is 0 Å². The molecule has 1 aromatic heterocycles. The molecule has 1 aliphatic carbocycles. The van der Waals surface area contributed by atoms with E-state index >= 15 is 0 Å². The zero-order valence-electron chi connectivity index (χ0n) is 32.0. The van der Waals surface area contributed by atoms with E-state index in [9.17, 15) is 0 Å². The number of hydrogen-bond acceptors (Lipinski definition) is 2. The fourth-order valence-electron chi connectivity index (χ4n) is 8.43. The fraction of sp³-hybridized carbons (Fsp3) is 0.0545. The molecule has 2 nitrogen and oxygen atoms in total. The standard InChI is InChI=1S/C55H40N2/c1-55(2)50-24-13-12-23-48(50)49-30-29-44(35-51(49)55)43-22-14-21-42(31-43)39-25-27-41(28-26-39)53-36-52(40-19-10-5-11-20-40)56-54(57-53)47-33-45(37-15-6-3-7-16-37)32-46(34-47)38-17-8-4-9-18-38/h3-36H,1-2H3. The molecule has 0 unspecified atom stereocenters. The van der Waals surface area contributed by atoms with Crippen LogP contribution in [0.2, 0.25) is 0 Å². The van der Waals surface area contributed by atoms with Crippen LogP contribution in [-0.2, 0) is 5.41 Å². The van der Waals surface area contributed by atoms with Crippen molar-refractivity contribution in [1.82, 2.24) is 9.97 Å². The average molecular weight is 729 g/mol. The summed E-state index contributed by atoms with van der Waals surface area (Å²) in [4.78, 5) is 10.5. The minimum atomic E-state index is -0.0362. The van der Waals surface area contributed by atoms with Crippen LogP contribution in [0.15, 0.2) is 206 Å². The zero-order chi connectivity index (χ0) is 38.3. The summed E-state index contributed by atoms with van der Waals surface area (Å²) >= 11 is 0. The van der Waals surface area contributed by atoms with Gasteiger partial charge in [0, 0.05) is 22.1 Å². The molecular weight excluding hydrogens is 689 g/mol. The Kier molecular flexibility index (Phi) is 8.53. The summed E-state index contributed by atoms with van der Waals surface area (Å²) in [6.45, 7) is 4.68. The predicted octanol–water partition coefficient (Wildman–Crippen LogP) is 14.5. The molecule has 1 heterocycles. The number of aromatic nitrogens is 2. The third-order valence-corrected chi connectivity index (χ3v) is 11.5. The van der Waals surface area contributed by atoms with E-state index in [0.717, 1.165) is 55.9 Å². The van der Waals surface area contributed by atoms with Crippen LogP contribution in [0, 0.1) is 0 Å². The van der Waals surface area contributed by atoms with Crippen LogP contribution in [0.1, 0.15) is 25.0 Å². The third kappa shape index (κ3) is 6.46. The average Bonchev–Trinajstić information content (AvgIpc) is 3.52. The molecule has 57 heavy (non-hydrogen) atoms. The lowest BCUT2D eigenvalue weighted by Gasteiger charge is -2.22. The first-order chi connectivity index (χ1) is 28.0. The van der Waals surface area contributed by atoms with Gasteiger partial charge in [0.15, 0.2) is 5.82 Å². The summed E-state index contributed by atoms with van der Waals surface area (Å²) < 4.78 is 0. The third-order valence-electron chi connectivity index (χ3n) is 11.5. The van der Waals surface area contributed by atoms with Crippen molar-refractivity contribution in [3.63, 3.8) is 0 Å². The second kappa shape index (κ2) is 14.2. The van der Waals surface area contributed by atoms with Crippen LogP contribution in [-0.4, -0.2) is 9.97 Å². The van der Waals surface area contributed by atoms with E-state index in [-0.39, 0.29) is 5.41 Å². The van der Waals surface area contributed by atoms with Gasteiger partial charge in [-0.1, -0.05) is 184 Å². The van der Waals surface area contributed by atoms with Gasteiger partial charge in [-0.3, -0.25) is 0 Å². The molecule has 0 aliphatic heterocycles. The normalized spacial score (nSPS) is 12.5. The molecule has 0 spiro atoms. The van der Waals surface area contributed by atoms with Gasteiger partial charge in [-0.15, -0.1) is 0 Å². The van der Waals surface area contributed by atoms with E-state index in [4.69, 9.17) is 9.97 Å². The Morgan fingerprint density at radius 1 is 0.281 bits per heavy atom. The highest BCUT2D eigenvalue weighted by Crippen LogP contribution is 2.49. The second-order valence-electron chi connectivity index (χ2n) is 15.4. The van der Waals surface area contributed by atoms with Gasteiger partial charge in [0.1, 0.15) is 0 Å². The Morgan fingerprint density at radius 2 is 0.684 bits per heavy atom. The van der Waals surface area contributed by atoms with E-state index in [2.05, 4.69) is 214 Å². The van der Waals surface area contributed by atoms with Crippen LogP contribution >= 0.6 is 0 Å². The Hall–Kier alpha value is -7.16. The Bertz CT molecular complexity index is 2840. The molecule has 0 amide bonds. The van der Waals surface area contributed by atoms with E-state index < -0.39 is 0 Å². The number of fused-ring (bicyclic) bond motifs is 3. The first-order valence-corrected chi connectivity index (χ1v) is 19.6. The summed E-state index contributed by atoms with van der Waals surface area (Å²) in [5.41, 5.74) is 19.6. The molecule has 270 valence electrons. The van der Waals surface area contributed by atoms with Gasteiger partial charge < -0.3 is 0 Å². The van der Waals surface area contributed by atoms with Gasteiger partial charge in [0.2, 0.25) is 0 Å². The highest BCUT2D eigenvalue weighted by molar-refractivity contribution is 5.85. The van der Waals surface area contributed by atoms with Crippen LogP contribution in [0.4, 0.5) is 0 Å². The number of rotatable bonds is 7. The Balaban J connectivity index is 1.02. The fourth-order valence-corrected chi connectivity index (χ4v) is 8.43. The van der Waals surface area contributed by atoms with Crippen molar-refractivity contribution in [3.05, 3.63) is 217 Å². The quantitative estimate of drug-likeness (QED) is 0.163. The molecule has 0 bridgehead atoms. The molecular formula is C55H40N2. The molecule has 0 saturated heterocycles. The van der Waals surface area contributed by atoms with Gasteiger partial charge in [0.25, 0.3) is 0 Å². The number of hydrogen-bond donors (Lipinski definition) is 0. The molecule has 0 radical (unpaired) electrons. The maximum atomic E-state index is 5.27. The molecule has 8 aromatic carbocycles. The van der Waals surface area contributed by atoms with Crippen molar-refractivity contribution < 1.29 is 0 Å². The summed E-state index contributed by atoms with van der Waals surface area (Å²) in [5.74, 6) is 0.693. The summed E-state index contributed by atoms with van der Waals surface area (Å²) in [6, 6.07) is 73.8. The van der Waals surface area contributed by atoms with E-state index in [0.29, 0.717) is 5.82 Å². The number of benzene rings is 8. The molecule has 2 heteroatoms. The van der Waals surface area contributed by atoms with Crippen molar-refractivity contribution in [2.45, 2.75) is 19.3 Å².